The van der Waals surface area contributed by atoms with Crippen molar-refractivity contribution in [2.24, 2.45) is 5.41 Å². The van der Waals surface area contributed by atoms with Gasteiger partial charge in [0.25, 0.3) is 5.91 Å². The predicted molar refractivity (Wildman–Crippen MR) is 96.3 cm³/mol. The Morgan fingerprint density at radius 1 is 1.40 bits per heavy atom. The molecule has 6 nitrogen and oxygen atoms in total. The highest BCUT2D eigenvalue weighted by atomic mass is 16.5. The zero-order valence-electron chi connectivity index (χ0n) is 15.4. The molecule has 0 radical (unpaired) electrons. The maximum Gasteiger partial charge on any atom is 0.256 e. The lowest BCUT2D eigenvalue weighted by Crippen LogP contribution is -2.58. The number of carbonyl (C=O) groups is 1. The molecule has 1 amide bonds. The molecule has 1 saturated heterocycles. The second-order valence-electron chi connectivity index (χ2n) is 7.64. The Bertz CT molecular complexity index is 591. The number of nitrogens with one attached hydrogen (secondary N) is 1. The third kappa shape index (κ3) is 5.17. The van der Waals surface area contributed by atoms with Gasteiger partial charge < -0.3 is 25.2 Å². The number of likely N-dealkylation sites (tertiary alicyclic amines) is 1. The van der Waals surface area contributed by atoms with E-state index < -0.39 is 5.60 Å². The van der Waals surface area contributed by atoms with Gasteiger partial charge in [-0.05, 0) is 30.5 Å². The molecule has 0 bridgehead atoms. The summed E-state index contributed by atoms with van der Waals surface area (Å²) in [5.41, 5.74) is -0.692. The molecule has 0 aliphatic carbocycles. The molecule has 1 heterocycles. The van der Waals surface area contributed by atoms with Crippen molar-refractivity contribution in [1.82, 2.24) is 10.2 Å². The number of amides is 1. The number of aliphatic hydroxyl groups excluding tert-OH is 1. The van der Waals surface area contributed by atoms with Crippen LogP contribution in [0.4, 0.5) is 0 Å². The van der Waals surface area contributed by atoms with Crippen LogP contribution in [0.25, 0.3) is 0 Å². The molecule has 1 aliphatic heterocycles. The monoisotopic (exact) mass is 350 g/mol. The molecular formula is C19H30N2O4. The van der Waals surface area contributed by atoms with Gasteiger partial charge >= 0.3 is 0 Å². The minimum atomic E-state index is -1.39. The molecule has 1 fully saturated rings. The van der Waals surface area contributed by atoms with Gasteiger partial charge in [-0.15, -0.1) is 0 Å². The fourth-order valence-electron chi connectivity index (χ4n) is 3.03. The molecule has 1 aromatic rings. The van der Waals surface area contributed by atoms with Gasteiger partial charge in [-0.25, -0.2) is 0 Å². The first-order valence-corrected chi connectivity index (χ1v) is 8.76. The third-order valence-corrected chi connectivity index (χ3v) is 4.66. The van der Waals surface area contributed by atoms with Crippen molar-refractivity contribution in [3.05, 3.63) is 29.8 Å². The predicted octanol–water partition coefficient (Wildman–Crippen LogP) is 1.16. The average molecular weight is 350 g/mol. The number of methoxy groups -OCH3 is 1. The van der Waals surface area contributed by atoms with Gasteiger partial charge in [-0.3, -0.25) is 4.79 Å². The number of benzene rings is 1. The van der Waals surface area contributed by atoms with Crippen molar-refractivity contribution in [3.63, 3.8) is 0 Å². The van der Waals surface area contributed by atoms with Crippen molar-refractivity contribution in [2.45, 2.75) is 38.8 Å². The van der Waals surface area contributed by atoms with E-state index in [1.807, 2.05) is 38.1 Å². The van der Waals surface area contributed by atoms with E-state index in [0.29, 0.717) is 26.1 Å². The van der Waals surface area contributed by atoms with E-state index in [1.54, 1.807) is 12.0 Å². The maximum atomic E-state index is 12.8. The summed E-state index contributed by atoms with van der Waals surface area (Å²) in [5, 5.41) is 23.3. The smallest absolute Gasteiger partial charge is 0.256 e. The van der Waals surface area contributed by atoms with Crippen molar-refractivity contribution in [3.8, 4) is 5.75 Å². The van der Waals surface area contributed by atoms with E-state index in [-0.39, 0.29) is 24.5 Å². The van der Waals surface area contributed by atoms with Crippen LogP contribution in [-0.4, -0.2) is 60.0 Å². The van der Waals surface area contributed by atoms with Crippen LogP contribution >= 0.6 is 0 Å². The second-order valence-corrected chi connectivity index (χ2v) is 7.64. The molecule has 3 N–H and O–H groups in total. The second kappa shape index (κ2) is 8.17. The summed E-state index contributed by atoms with van der Waals surface area (Å²) < 4.78 is 5.22. The van der Waals surface area contributed by atoms with Crippen molar-refractivity contribution in [1.29, 1.82) is 0 Å². The Balaban J connectivity index is 1.99. The lowest BCUT2D eigenvalue weighted by Gasteiger charge is -2.39. The van der Waals surface area contributed by atoms with Crippen LogP contribution in [0.1, 0.15) is 32.3 Å². The number of ether oxygens (including phenoxy) is 1. The van der Waals surface area contributed by atoms with Crippen LogP contribution in [0.2, 0.25) is 0 Å². The Kier molecular flexibility index (Phi) is 6.43. The van der Waals surface area contributed by atoms with E-state index in [2.05, 4.69) is 5.32 Å². The highest BCUT2D eigenvalue weighted by Crippen LogP contribution is 2.25. The fourth-order valence-corrected chi connectivity index (χ4v) is 3.03. The number of hydrogen-bond acceptors (Lipinski definition) is 5. The number of nitrogens with zero attached hydrogens (tertiary/aromatic N) is 1. The van der Waals surface area contributed by atoms with Crippen LogP contribution in [0.5, 0.6) is 5.75 Å². The largest absolute Gasteiger partial charge is 0.497 e. The molecule has 1 aromatic carbocycles. The number of carbonyl (C=O) groups excluding carboxylic acids is 1. The minimum absolute atomic E-state index is 0.0499. The molecule has 0 saturated carbocycles. The van der Waals surface area contributed by atoms with E-state index in [1.165, 1.54) is 0 Å². The molecule has 1 aliphatic rings. The molecule has 0 unspecified atom stereocenters. The summed E-state index contributed by atoms with van der Waals surface area (Å²) >= 11 is 0. The zero-order valence-corrected chi connectivity index (χ0v) is 15.4. The van der Waals surface area contributed by atoms with Crippen molar-refractivity contribution >= 4 is 5.91 Å². The molecule has 1 atom stereocenters. The summed E-state index contributed by atoms with van der Waals surface area (Å²) in [7, 11) is 1.61. The number of piperidine rings is 1. The Morgan fingerprint density at radius 3 is 2.84 bits per heavy atom. The van der Waals surface area contributed by atoms with Gasteiger partial charge in [0.2, 0.25) is 0 Å². The van der Waals surface area contributed by atoms with Crippen LogP contribution in [-0.2, 0) is 11.3 Å². The van der Waals surface area contributed by atoms with Gasteiger partial charge in [0.15, 0.2) is 5.60 Å². The fraction of sp³-hybridized carbons (Fsp3) is 0.632. The lowest BCUT2D eigenvalue weighted by molar-refractivity contribution is -0.157. The lowest BCUT2D eigenvalue weighted by atomic mass is 9.90. The Labute approximate surface area is 149 Å². The summed E-state index contributed by atoms with van der Waals surface area (Å²) in [6, 6.07) is 7.62. The van der Waals surface area contributed by atoms with E-state index >= 15 is 0 Å². The van der Waals surface area contributed by atoms with Gasteiger partial charge in [0.1, 0.15) is 5.75 Å². The highest BCUT2D eigenvalue weighted by molar-refractivity contribution is 5.86. The summed E-state index contributed by atoms with van der Waals surface area (Å²) in [5.74, 6) is 0.515. The van der Waals surface area contributed by atoms with Gasteiger partial charge in [0, 0.05) is 38.2 Å². The molecule has 0 aromatic heterocycles. The summed E-state index contributed by atoms with van der Waals surface area (Å²) in [6.07, 6.45) is 1.21. The molecule has 6 heteroatoms. The van der Waals surface area contributed by atoms with Gasteiger partial charge in [-0.1, -0.05) is 26.0 Å². The van der Waals surface area contributed by atoms with Crippen LogP contribution in [0.3, 0.4) is 0 Å². The standard InChI is InChI=1S/C19H30N2O4/c1-18(2,14-22)12-20-13-19(24)8-5-9-21(17(19)23)11-15-6-4-7-16(10-15)25-3/h4,6-7,10,20,22,24H,5,8-9,11-14H2,1-3H3/t19-/m1/s1. The van der Waals surface area contributed by atoms with Crippen molar-refractivity contribution in [2.75, 3.05) is 33.4 Å². The molecule has 0 spiro atoms. The third-order valence-electron chi connectivity index (χ3n) is 4.66. The molecule has 140 valence electrons. The summed E-state index contributed by atoms with van der Waals surface area (Å²) in [4.78, 5) is 14.5. The minimum Gasteiger partial charge on any atom is -0.497 e. The topological polar surface area (TPSA) is 82.0 Å². The number of hydrogen-bond donors (Lipinski definition) is 3. The first-order valence-electron chi connectivity index (χ1n) is 8.76. The van der Waals surface area contributed by atoms with Gasteiger partial charge in [-0.2, -0.15) is 0 Å². The molecule has 25 heavy (non-hydrogen) atoms. The number of rotatable bonds is 8. The van der Waals surface area contributed by atoms with E-state index in [9.17, 15) is 15.0 Å². The summed E-state index contributed by atoms with van der Waals surface area (Å²) in [6.45, 7) is 5.75. The quantitative estimate of drug-likeness (QED) is 0.655. The van der Waals surface area contributed by atoms with Crippen LogP contribution in [0.15, 0.2) is 24.3 Å². The first-order chi connectivity index (χ1) is 11.8. The normalized spacial score (nSPS) is 21.5. The van der Waals surface area contributed by atoms with Crippen molar-refractivity contribution < 1.29 is 19.7 Å². The average Bonchev–Trinajstić information content (AvgIpc) is 2.59. The molecular weight excluding hydrogens is 320 g/mol. The molecule has 2 rings (SSSR count). The Hall–Kier alpha value is -1.63. The maximum absolute atomic E-state index is 12.8. The first kappa shape index (κ1) is 19.7. The zero-order chi connectivity index (χ0) is 18.5. The van der Waals surface area contributed by atoms with Crippen LogP contribution < -0.4 is 10.1 Å². The van der Waals surface area contributed by atoms with Gasteiger partial charge in [0.05, 0.1) is 7.11 Å². The SMILES string of the molecule is COc1cccc(CN2CCC[C@@](O)(CNCC(C)(C)CO)C2=O)c1. The van der Waals surface area contributed by atoms with E-state index in [4.69, 9.17) is 4.74 Å². The Morgan fingerprint density at radius 2 is 2.16 bits per heavy atom. The highest BCUT2D eigenvalue weighted by Gasteiger charge is 2.42. The van der Waals surface area contributed by atoms with Crippen LogP contribution in [0, 0.1) is 5.41 Å². The number of aliphatic hydroxyl groups is 2. The van der Waals surface area contributed by atoms with E-state index in [0.717, 1.165) is 17.7 Å².